The summed E-state index contributed by atoms with van der Waals surface area (Å²) in [5.41, 5.74) is 2.22. The van der Waals surface area contributed by atoms with Crippen LogP contribution >= 0.6 is 0 Å². The van der Waals surface area contributed by atoms with Crippen molar-refractivity contribution in [3.8, 4) is 0 Å². The summed E-state index contributed by atoms with van der Waals surface area (Å²) >= 11 is 0. The first-order valence-electron chi connectivity index (χ1n) is 7.13. The average Bonchev–Trinajstić information content (AvgIpc) is 2.44. The van der Waals surface area contributed by atoms with Gasteiger partial charge in [-0.25, -0.2) is 0 Å². The van der Waals surface area contributed by atoms with Gasteiger partial charge in [0.05, 0.1) is 0 Å². The molecule has 0 bridgehead atoms. The molecule has 0 aliphatic heterocycles. The van der Waals surface area contributed by atoms with Crippen LogP contribution < -0.4 is 10.9 Å². The Morgan fingerprint density at radius 1 is 1.21 bits per heavy atom. The molecule has 3 heteroatoms. The van der Waals surface area contributed by atoms with Crippen molar-refractivity contribution < 1.29 is 0 Å². The molecule has 1 heterocycles. The fourth-order valence-electron chi connectivity index (χ4n) is 3.08. The van der Waals surface area contributed by atoms with Gasteiger partial charge in [-0.2, -0.15) is 0 Å². The number of fused-ring (bicyclic) bond motifs is 1. The number of pyridine rings is 1. The van der Waals surface area contributed by atoms with Crippen molar-refractivity contribution in [3.63, 3.8) is 0 Å². The molecule has 1 aromatic carbocycles. The number of aromatic amines is 1. The van der Waals surface area contributed by atoms with Crippen molar-refractivity contribution in [2.24, 2.45) is 0 Å². The van der Waals surface area contributed by atoms with E-state index in [2.05, 4.69) is 16.4 Å². The Labute approximate surface area is 113 Å². The predicted molar refractivity (Wildman–Crippen MR) is 79.8 cm³/mol. The van der Waals surface area contributed by atoms with Crippen molar-refractivity contribution in [3.05, 3.63) is 40.3 Å². The third-order valence-electron chi connectivity index (χ3n) is 4.09. The molecule has 1 aliphatic carbocycles. The van der Waals surface area contributed by atoms with E-state index in [0.29, 0.717) is 6.04 Å². The summed E-state index contributed by atoms with van der Waals surface area (Å²) in [5.74, 6) is 0. The molecule has 0 amide bonds. The van der Waals surface area contributed by atoms with Crippen molar-refractivity contribution in [1.29, 1.82) is 0 Å². The van der Waals surface area contributed by atoms with Crippen molar-refractivity contribution >= 4 is 16.5 Å². The second kappa shape index (κ2) is 5.08. The van der Waals surface area contributed by atoms with Crippen molar-refractivity contribution in [2.45, 2.75) is 45.1 Å². The number of hydrogen-bond acceptors (Lipinski definition) is 2. The second-order valence-electron chi connectivity index (χ2n) is 5.51. The first kappa shape index (κ1) is 12.3. The van der Waals surface area contributed by atoms with Crippen LogP contribution in [-0.4, -0.2) is 11.0 Å². The highest BCUT2D eigenvalue weighted by Crippen LogP contribution is 2.27. The number of rotatable bonds is 2. The SMILES string of the molecule is Cc1c[nH]c(=O)c2cccc(NC3CCCCC3)c12. The first-order valence-corrected chi connectivity index (χ1v) is 7.13. The van der Waals surface area contributed by atoms with Crippen molar-refractivity contribution in [1.82, 2.24) is 4.98 Å². The van der Waals surface area contributed by atoms with E-state index in [-0.39, 0.29) is 5.56 Å². The van der Waals surface area contributed by atoms with E-state index in [9.17, 15) is 4.79 Å². The molecule has 1 aliphatic rings. The topological polar surface area (TPSA) is 44.9 Å². The number of hydrogen-bond donors (Lipinski definition) is 2. The summed E-state index contributed by atoms with van der Waals surface area (Å²) in [5, 5.41) is 5.48. The number of anilines is 1. The lowest BCUT2D eigenvalue weighted by atomic mass is 9.95. The fourth-order valence-corrected chi connectivity index (χ4v) is 3.08. The van der Waals surface area contributed by atoms with Gasteiger partial charge in [0.25, 0.3) is 5.56 Å². The molecule has 1 saturated carbocycles. The molecule has 0 unspecified atom stereocenters. The molecule has 0 spiro atoms. The standard InChI is InChI=1S/C16H20N2O/c1-11-10-17-16(19)13-8-5-9-14(15(11)13)18-12-6-3-2-4-7-12/h5,8-10,12,18H,2-4,6-7H2,1H3,(H,17,19). The van der Waals surface area contributed by atoms with E-state index >= 15 is 0 Å². The molecule has 1 aromatic heterocycles. The van der Waals surface area contributed by atoms with Gasteiger partial charge in [0.2, 0.25) is 0 Å². The molecule has 19 heavy (non-hydrogen) atoms. The molecule has 2 N–H and O–H groups in total. The van der Waals surface area contributed by atoms with Gasteiger partial charge < -0.3 is 10.3 Å². The maximum absolute atomic E-state index is 11.9. The number of aromatic nitrogens is 1. The second-order valence-corrected chi connectivity index (χ2v) is 5.51. The lowest BCUT2D eigenvalue weighted by Gasteiger charge is -2.24. The zero-order chi connectivity index (χ0) is 13.2. The molecule has 0 atom stereocenters. The van der Waals surface area contributed by atoms with Crippen LogP contribution in [0.2, 0.25) is 0 Å². The smallest absolute Gasteiger partial charge is 0.255 e. The van der Waals surface area contributed by atoms with E-state index < -0.39 is 0 Å². The van der Waals surface area contributed by atoms with Crippen LogP contribution in [0.5, 0.6) is 0 Å². The Morgan fingerprint density at radius 2 is 2.00 bits per heavy atom. The van der Waals surface area contributed by atoms with Crippen molar-refractivity contribution in [2.75, 3.05) is 5.32 Å². The predicted octanol–water partition coefficient (Wildman–Crippen LogP) is 3.58. The number of aryl methyl sites for hydroxylation is 1. The fraction of sp³-hybridized carbons (Fsp3) is 0.438. The third kappa shape index (κ3) is 2.37. The summed E-state index contributed by atoms with van der Waals surface area (Å²) in [6, 6.07) is 6.50. The molecule has 1 fully saturated rings. The summed E-state index contributed by atoms with van der Waals surface area (Å²) in [6.45, 7) is 2.05. The van der Waals surface area contributed by atoms with Crippen LogP contribution in [0.4, 0.5) is 5.69 Å². The largest absolute Gasteiger partial charge is 0.382 e. The van der Waals surface area contributed by atoms with Crippen LogP contribution in [0.1, 0.15) is 37.7 Å². The summed E-state index contributed by atoms with van der Waals surface area (Å²) in [4.78, 5) is 14.7. The van der Waals surface area contributed by atoms with Crippen LogP contribution in [-0.2, 0) is 0 Å². The van der Waals surface area contributed by atoms with E-state index in [0.717, 1.165) is 22.0 Å². The Bertz CT molecular complexity index is 639. The molecule has 3 nitrogen and oxygen atoms in total. The molecule has 100 valence electrons. The maximum atomic E-state index is 11.9. The number of H-pyrrole nitrogens is 1. The Morgan fingerprint density at radius 3 is 2.79 bits per heavy atom. The minimum absolute atomic E-state index is 0.00658. The van der Waals surface area contributed by atoms with E-state index in [1.54, 1.807) is 6.20 Å². The van der Waals surface area contributed by atoms with Crippen LogP contribution in [0, 0.1) is 6.92 Å². The van der Waals surface area contributed by atoms with Gasteiger partial charge in [-0.15, -0.1) is 0 Å². The summed E-state index contributed by atoms with van der Waals surface area (Å²) in [6.07, 6.45) is 8.24. The van der Waals surface area contributed by atoms with Gasteiger partial charge in [0.15, 0.2) is 0 Å². The minimum Gasteiger partial charge on any atom is -0.382 e. The van der Waals surface area contributed by atoms with Gasteiger partial charge in [0, 0.05) is 28.7 Å². The highest BCUT2D eigenvalue weighted by atomic mass is 16.1. The highest BCUT2D eigenvalue weighted by Gasteiger charge is 2.15. The summed E-state index contributed by atoms with van der Waals surface area (Å²) in [7, 11) is 0. The molecule has 2 aromatic rings. The van der Waals surface area contributed by atoms with E-state index in [4.69, 9.17) is 0 Å². The molecule has 0 saturated heterocycles. The van der Waals surface area contributed by atoms with Gasteiger partial charge in [-0.3, -0.25) is 4.79 Å². The number of nitrogens with one attached hydrogen (secondary N) is 2. The average molecular weight is 256 g/mol. The maximum Gasteiger partial charge on any atom is 0.255 e. The third-order valence-corrected chi connectivity index (χ3v) is 4.09. The van der Waals surface area contributed by atoms with Gasteiger partial charge in [-0.05, 0) is 37.5 Å². The highest BCUT2D eigenvalue weighted by molar-refractivity contribution is 5.95. The summed E-state index contributed by atoms with van der Waals surface area (Å²) < 4.78 is 0. The Hall–Kier alpha value is -1.77. The van der Waals surface area contributed by atoms with E-state index in [1.807, 2.05) is 19.1 Å². The van der Waals surface area contributed by atoms with Gasteiger partial charge in [-0.1, -0.05) is 25.3 Å². The Balaban J connectivity index is 2.03. The molecule has 0 radical (unpaired) electrons. The van der Waals surface area contributed by atoms with Crippen LogP contribution in [0.15, 0.2) is 29.2 Å². The first-order chi connectivity index (χ1) is 9.25. The normalized spacial score (nSPS) is 16.7. The van der Waals surface area contributed by atoms with E-state index in [1.165, 1.54) is 32.1 Å². The van der Waals surface area contributed by atoms with Crippen LogP contribution in [0.25, 0.3) is 10.8 Å². The zero-order valence-corrected chi connectivity index (χ0v) is 11.3. The quantitative estimate of drug-likeness (QED) is 0.862. The lowest BCUT2D eigenvalue weighted by Crippen LogP contribution is -2.22. The lowest BCUT2D eigenvalue weighted by molar-refractivity contribution is 0.463. The Kier molecular flexibility index (Phi) is 3.28. The molecular formula is C16H20N2O. The monoisotopic (exact) mass is 256 g/mol. The van der Waals surface area contributed by atoms with Crippen LogP contribution in [0.3, 0.4) is 0 Å². The molecular weight excluding hydrogens is 236 g/mol. The van der Waals surface area contributed by atoms with Gasteiger partial charge >= 0.3 is 0 Å². The van der Waals surface area contributed by atoms with Gasteiger partial charge in [0.1, 0.15) is 0 Å². The number of benzene rings is 1. The zero-order valence-electron chi connectivity index (χ0n) is 11.3. The molecule has 3 rings (SSSR count). The minimum atomic E-state index is -0.00658.